The normalized spacial score (nSPS) is 10.4. The molecule has 0 aliphatic carbocycles. The minimum absolute atomic E-state index is 0.243. The van der Waals surface area contributed by atoms with Crippen LogP contribution in [0.15, 0.2) is 0 Å². The van der Waals surface area contributed by atoms with Gasteiger partial charge in [-0.3, -0.25) is 0 Å². The zero-order valence-corrected chi connectivity index (χ0v) is 10.7. The molecule has 0 spiro atoms. The maximum Gasteiger partial charge on any atom is 0.324 e. The third kappa shape index (κ3) is 4.81. The summed E-state index contributed by atoms with van der Waals surface area (Å²) in [5, 5.41) is 2.82. The predicted octanol–water partition coefficient (Wildman–Crippen LogP) is 0.252. The van der Waals surface area contributed by atoms with Crippen LogP contribution in [0.25, 0.3) is 0 Å². The third-order valence-electron chi connectivity index (χ3n) is 1.98. The van der Waals surface area contributed by atoms with Crippen molar-refractivity contribution in [2.24, 2.45) is 0 Å². The fourth-order valence-corrected chi connectivity index (χ4v) is 1.15. The number of aromatic nitrogens is 3. The second-order valence-corrected chi connectivity index (χ2v) is 3.68. The number of hydrogen-bond donors (Lipinski definition) is 1. The zero-order valence-electron chi connectivity index (χ0n) is 10.7. The molecule has 17 heavy (non-hydrogen) atoms. The minimum Gasteiger partial charge on any atom is -0.467 e. The summed E-state index contributed by atoms with van der Waals surface area (Å²) in [7, 11) is 7.27. The molecule has 7 nitrogen and oxygen atoms in total. The Morgan fingerprint density at radius 1 is 1.18 bits per heavy atom. The van der Waals surface area contributed by atoms with E-state index in [2.05, 4.69) is 25.2 Å². The van der Waals surface area contributed by atoms with Gasteiger partial charge in [0.2, 0.25) is 5.95 Å². The first-order valence-corrected chi connectivity index (χ1v) is 5.41. The lowest BCUT2D eigenvalue weighted by Gasteiger charge is -2.10. The molecule has 1 aromatic rings. The Bertz CT molecular complexity index is 323. The van der Waals surface area contributed by atoms with Crippen molar-refractivity contribution in [3.8, 4) is 12.0 Å². The summed E-state index contributed by atoms with van der Waals surface area (Å²) in [6.45, 7) is 1.52. The second-order valence-electron chi connectivity index (χ2n) is 3.68. The summed E-state index contributed by atoms with van der Waals surface area (Å²) >= 11 is 0. The van der Waals surface area contributed by atoms with E-state index in [4.69, 9.17) is 9.47 Å². The lowest BCUT2D eigenvalue weighted by molar-refractivity contribution is 0.257. The van der Waals surface area contributed by atoms with Crippen molar-refractivity contribution < 1.29 is 9.47 Å². The quantitative estimate of drug-likeness (QED) is 0.686. The molecule has 0 fully saturated rings. The molecule has 1 N–H and O–H groups in total. The Morgan fingerprint density at radius 2 is 1.88 bits per heavy atom. The molecule has 0 unspecified atom stereocenters. The van der Waals surface area contributed by atoms with Crippen LogP contribution >= 0.6 is 0 Å². The molecule has 0 saturated carbocycles. The van der Waals surface area contributed by atoms with Crippen LogP contribution in [0.4, 0.5) is 5.95 Å². The Kier molecular flexibility index (Phi) is 5.41. The Hall–Kier alpha value is -1.63. The molecule has 0 bridgehead atoms. The van der Waals surface area contributed by atoms with E-state index in [1.54, 1.807) is 7.05 Å². The van der Waals surface area contributed by atoms with Gasteiger partial charge in [0.05, 0.1) is 13.7 Å². The number of rotatable bonds is 7. The highest BCUT2D eigenvalue weighted by Crippen LogP contribution is 2.11. The molecule has 7 heteroatoms. The maximum absolute atomic E-state index is 5.43. The standard InChI is InChI=1S/C10H19N5O2/c1-11-8-12-9(16-4)14-10(13-8)17-7-5-6-15(2)3/h5-7H2,1-4H3,(H,11,12,13,14). The monoisotopic (exact) mass is 241 g/mol. The molecule has 0 amide bonds. The molecule has 1 heterocycles. The van der Waals surface area contributed by atoms with Gasteiger partial charge in [-0.1, -0.05) is 0 Å². The van der Waals surface area contributed by atoms with E-state index in [0.717, 1.165) is 13.0 Å². The number of nitrogens with zero attached hydrogens (tertiary/aromatic N) is 4. The maximum atomic E-state index is 5.43. The number of nitrogens with one attached hydrogen (secondary N) is 1. The van der Waals surface area contributed by atoms with E-state index in [1.807, 2.05) is 14.1 Å². The largest absolute Gasteiger partial charge is 0.467 e. The van der Waals surface area contributed by atoms with Gasteiger partial charge >= 0.3 is 12.0 Å². The number of ether oxygens (including phenoxy) is 2. The molecule has 0 radical (unpaired) electrons. The van der Waals surface area contributed by atoms with E-state index in [1.165, 1.54) is 7.11 Å². The van der Waals surface area contributed by atoms with Crippen LogP contribution in [0.5, 0.6) is 12.0 Å². The average Bonchev–Trinajstić information content (AvgIpc) is 2.34. The highest BCUT2D eigenvalue weighted by atomic mass is 16.5. The number of anilines is 1. The lowest BCUT2D eigenvalue weighted by Crippen LogP contribution is -2.16. The van der Waals surface area contributed by atoms with Crippen molar-refractivity contribution in [2.75, 3.05) is 46.7 Å². The van der Waals surface area contributed by atoms with Gasteiger partial charge < -0.3 is 19.7 Å². The molecule has 0 saturated heterocycles. The molecule has 1 rings (SSSR count). The van der Waals surface area contributed by atoms with E-state index in [-0.39, 0.29) is 12.0 Å². The van der Waals surface area contributed by atoms with Crippen LogP contribution in [0.3, 0.4) is 0 Å². The van der Waals surface area contributed by atoms with Crippen molar-refractivity contribution in [3.05, 3.63) is 0 Å². The van der Waals surface area contributed by atoms with E-state index < -0.39 is 0 Å². The van der Waals surface area contributed by atoms with E-state index in [9.17, 15) is 0 Å². The summed E-state index contributed by atoms with van der Waals surface area (Å²) in [6.07, 6.45) is 0.913. The van der Waals surface area contributed by atoms with Crippen molar-refractivity contribution in [3.63, 3.8) is 0 Å². The van der Waals surface area contributed by atoms with Crippen molar-refractivity contribution in [1.29, 1.82) is 0 Å². The summed E-state index contributed by atoms with van der Waals surface area (Å²) in [5.41, 5.74) is 0. The molecule has 1 aromatic heterocycles. The summed E-state index contributed by atoms with van der Waals surface area (Å²) in [6, 6.07) is 0.520. The Labute approximate surface area is 101 Å². The molecule has 0 aliphatic heterocycles. The van der Waals surface area contributed by atoms with Crippen molar-refractivity contribution in [2.45, 2.75) is 6.42 Å². The predicted molar refractivity (Wildman–Crippen MR) is 64.6 cm³/mol. The highest BCUT2D eigenvalue weighted by molar-refractivity contribution is 5.26. The van der Waals surface area contributed by atoms with Gasteiger partial charge in [-0.05, 0) is 20.5 Å². The van der Waals surface area contributed by atoms with Gasteiger partial charge in [-0.25, -0.2) is 0 Å². The number of hydrogen-bond acceptors (Lipinski definition) is 7. The summed E-state index contributed by atoms with van der Waals surface area (Å²) in [4.78, 5) is 14.1. The van der Waals surface area contributed by atoms with Gasteiger partial charge in [-0.2, -0.15) is 9.97 Å². The second kappa shape index (κ2) is 6.85. The van der Waals surface area contributed by atoms with E-state index in [0.29, 0.717) is 12.6 Å². The van der Waals surface area contributed by atoms with Crippen molar-refractivity contribution >= 4 is 5.95 Å². The van der Waals surface area contributed by atoms with Crippen LogP contribution in [0.1, 0.15) is 6.42 Å². The fourth-order valence-electron chi connectivity index (χ4n) is 1.15. The Balaban J connectivity index is 2.51. The molecule has 0 aliphatic rings. The first-order chi connectivity index (χ1) is 8.15. The molecular formula is C10H19N5O2. The zero-order chi connectivity index (χ0) is 12.7. The van der Waals surface area contributed by atoms with Gasteiger partial charge in [-0.15, -0.1) is 4.98 Å². The minimum atomic E-state index is 0.243. The first kappa shape index (κ1) is 13.4. The van der Waals surface area contributed by atoms with Gasteiger partial charge in [0.1, 0.15) is 0 Å². The van der Waals surface area contributed by atoms with Gasteiger partial charge in [0.25, 0.3) is 0 Å². The Morgan fingerprint density at radius 3 is 2.47 bits per heavy atom. The fraction of sp³-hybridized carbons (Fsp3) is 0.700. The van der Waals surface area contributed by atoms with Crippen LogP contribution in [-0.2, 0) is 0 Å². The molecule has 0 aromatic carbocycles. The highest BCUT2D eigenvalue weighted by Gasteiger charge is 2.06. The van der Waals surface area contributed by atoms with Crippen LogP contribution in [-0.4, -0.2) is 61.3 Å². The van der Waals surface area contributed by atoms with E-state index >= 15 is 0 Å². The molecule has 0 atom stereocenters. The summed E-state index contributed by atoms with van der Waals surface area (Å²) in [5.74, 6) is 0.430. The lowest BCUT2D eigenvalue weighted by atomic mass is 10.4. The van der Waals surface area contributed by atoms with Gasteiger partial charge in [0, 0.05) is 13.6 Å². The van der Waals surface area contributed by atoms with Crippen LogP contribution in [0.2, 0.25) is 0 Å². The molecular weight excluding hydrogens is 222 g/mol. The SMILES string of the molecule is CNc1nc(OC)nc(OCCCN(C)C)n1. The summed E-state index contributed by atoms with van der Waals surface area (Å²) < 4.78 is 10.4. The molecule has 96 valence electrons. The van der Waals surface area contributed by atoms with Crippen molar-refractivity contribution in [1.82, 2.24) is 19.9 Å². The number of methoxy groups -OCH3 is 1. The van der Waals surface area contributed by atoms with Crippen LogP contribution < -0.4 is 14.8 Å². The topological polar surface area (TPSA) is 72.4 Å². The van der Waals surface area contributed by atoms with Crippen LogP contribution in [0, 0.1) is 0 Å². The average molecular weight is 241 g/mol. The van der Waals surface area contributed by atoms with Gasteiger partial charge in [0.15, 0.2) is 0 Å². The first-order valence-electron chi connectivity index (χ1n) is 5.41. The third-order valence-corrected chi connectivity index (χ3v) is 1.98. The smallest absolute Gasteiger partial charge is 0.324 e.